The fourth-order valence-corrected chi connectivity index (χ4v) is 3.34. The minimum absolute atomic E-state index is 0.0291. The topological polar surface area (TPSA) is 44.4 Å². The lowest BCUT2D eigenvalue weighted by molar-refractivity contribution is 0.0951. The average Bonchev–Trinajstić information content (AvgIpc) is 2.52. The number of nitrogens with one attached hydrogen (secondary N) is 2. The Labute approximate surface area is 138 Å². The summed E-state index contributed by atoms with van der Waals surface area (Å²) >= 11 is 1.81. The molecule has 122 valence electrons. The SMILES string of the molecule is CC(C)Sc1ccc(C(=O)NCCCN2CCNCC2)cc1. The summed E-state index contributed by atoms with van der Waals surface area (Å²) in [4.78, 5) is 15.7. The van der Waals surface area contributed by atoms with Gasteiger partial charge in [0.15, 0.2) is 0 Å². The van der Waals surface area contributed by atoms with E-state index in [0.29, 0.717) is 5.25 Å². The number of amides is 1. The molecule has 1 aliphatic heterocycles. The average molecular weight is 321 g/mol. The summed E-state index contributed by atoms with van der Waals surface area (Å²) in [6, 6.07) is 7.88. The van der Waals surface area contributed by atoms with Gasteiger partial charge in [0.2, 0.25) is 0 Å². The number of thioether (sulfide) groups is 1. The summed E-state index contributed by atoms with van der Waals surface area (Å²) in [5.74, 6) is 0.0291. The first-order valence-electron chi connectivity index (χ1n) is 8.13. The van der Waals surface area contributed by atoms with Crippen molar-refractivity contribution in [1.29, 1.82) is 0 Å². The number of carbonyl (C=O) groups excluding carboxylic acids is 1. The Kier molecular flexibility index (Phi) is 7.22. The van der Waals surface area contributed by atoms with E-state index in [0.717, 1.165) is 51.3 Å². The van der Waals surface area contributed by atoms with Crippen LogP contribution in [0, 0.1) is 0 Å². The van der Waals surface area contributed by atoms with Crippen LogP contribution in [-0.4, -0.2) is 55.3 Å². The van der Waals surface area contributed by atoms with Crippen LogP contribution in [0.15, 0.2) is 29.2 Å². The molecule has 1 aromatic rings. The molecule has 1 aromatic carbocycles. The quantitative estimate of drug-likeness (QED) is 0.597. The number of rotatable bonds is 7. The number of nitrogens with zero attached hydrogens (tertiary/aromatic N) is 1. The lowest BCUT2D eigenvalue weighted by atomic mass is 10.2. The Hall–Kier alpha value is -1.04. The third kappa shape index (κ3) is 5.99. The zero-order valence-corrected chi connectivity index (χ0v) is 14.4. The minimum Gasteiger partial charge on any atom is -0.352 e. The van der Waals surface area contributed by atoms with Crippen LogP contribution in [0.3, 0.4) is 0 Å². The van der Waals surface area contributed by atoms with Crippen molar-refractivity contribution in [2.24, 2.45) is 0 Å². The second-order valence-electron chi connectivity index (χ2n) is 5.89. The normalized spacial score (nSPS) is 16.0. The summed E-state index contributed by atoms with van der Waals surface area (Å²) < 4.78 is 0. The Morgan fingerprint density at radius 1 is 1.27 bits per heavy atom. The van der Waals surface area contributed by atoms with Crippen LogP contribution >= 0.6 is 11.8 Å². The highest BCUT2D eigenvalue weighted by Gasteiger charge is 2.09. The molecular formula is C17H27N3OS. The van der Waals surface area contributed by atoms with E-state index in [2.05, 4.69) is 29.4 Å². The van der Waals surface area contributed by atoms with Crippen LogP contribution in [0.1, 0.15) is 30.6 Å². The van der Waals surface area contributed by atoms with Gasteiger partial charge in [-0.2, -0.15) is 0 Å². The van der Waals surface area contributed by atoms with Crippen molar-refractivity contribution < 1.29 is 4.79 Å². The van der Waals surface area contributed by atoms with Crippen LogP contribution in [0.4, 0.5) is 0 Å². The van der Waals surface area contributed by atoms with E-state index in [9.17, 15) is 4.79 Å². The standard InChI is InChI=1S/C17H27N3OS/c1-14(2)22-16-6-4-15(5-7-16)17(21)19-8-3-11-20-12-9-18-10-13-20/h4-7,14,18H,3,8-13H2,1-2H3,(H,19,21). The molecule has 2 rings (SSSR count). The van der Waals surface area contributed by atoms with Crippen LogP contribution in [-0.2, 0) is 0 Å². The van der Waals surface area contributed by atoms with Gasteiger partial charge in [0.1, 0.15) is 0 Å². The van der Waals surface area contributed by atoms with E-state index >= 15 is 0 Å². The van der Waals surface area contributed by atoms with Gasteiger partial charge in [-0.25, -0.2) is 0 Å². The van der Waals surface area contributed by atoms with Gasteiger partial charge < -0.3 is 15.5 Å². The van der Waals surface area contributed by atoms with Crippen molar-refractivity contribution in [3.8, 4) is 0 Å². The van der Waals surface area contributed by atoms with Gasteiger partial charge in [-0.1, -0.05) is 13.8 Å². The zero-order chi connectivity index (χ0) is 15.8. The van der Waals surface area contributed by atoms with E-state index in [1.54, 1.807) is 0 Å². The molecule has 5 heteroatoms. The van der Waals surface area contributed by atoms with Crippen molar-refractivity contribution in [3.05, 3.63) is 29.8 Å². The maximum Gasteiger partial charge on any atom is 0.251 e. The number of hydrogen-bond acceptors (Lipinski definition) is 4. The first-order valence-corrected chi connectivity index (χ1v) is 9.01. The lowest BCUT2D eigenvalue weighted by Crippen LogP contribution is -2.44. The van der Waals surface area contributed by atoms with Crippen molar-refractivity contribution in [3.63, 3.8) is 0 Å². The lowest BCUT2D eigenvalue weighted by Gasteiger charge is -2.27. The fourth-order valence-electron chi connectivity index (χ4n) is 2.50. The maximum absolute atomic E-state index is 12.1. The first kappa shape index (κ1) is 17.3. The Morgan fingerprint density at radius 2 is 1.95 bits per heavy atom. The third-order valence-corrected chi connectivity index (χ3v) is 4.65. The molecule has 0 radical (unpaired) electrons. The molecular weight excluding hydrogens is 294 g/mol. The Morgan fingerprint density at radius 3 is 2.59 bits per heavy atom. The smallest absolute Gasteiger partial charge is 0.251 e. The maximum atomic E-state index is 12.1. The number of hydrogen-bond donors (Lipinski definition) is 2. The molecule has 0 unspecified atom stereocenters. The van der Waals surface area contributed by atoms with Gasteiger partial charge in [0, 0.05) is 48.4 Å². The summed E-state index contributed by atoms with van der Waals surface area (Å²) in [7, 11) is 0. The minimum atomic E-state index is 0.0291. The molecule has 0 bridgehead atoms. The molecule has 2 N–H and O–H groups in total. The first-order chi connectivity index (χ1) is 10.6. The monoisotopic (exact) mass is 321 g/mol. The van der Waals surface area contributed by atoms with Crippen molar-refractivity contribution in [1.82, 2.24) is 15.5 Å². The summed E-state index contributed by atoms with van der Waals surface area (Å²) in [5.41, 5.74) is 0.746. The van der Waals surface area contributed by atoms with Crippen LogP contribution in [0.25, 0.3) is 0 Å². The molecule has 0 aromatic heterocycles. The predicted molar refractivity (Wildman–Crippen MR) is 93.7 cm³/mol. The fraction of sp³-hybridized carbons (Fsp3) is 0.588. The molecule has 22 heavy (non-hydrogen) atoms. The highest BCUT2D eigenvalue weighted by atomic mass is 32.2. The second kappa shape index (κ2) is 9.18. The van der Waals surface area contributed by atoms with E-state index in [4.69, 9.17) is 0 Å². The van der Waals surface area contributed by atoms with Crippen molar-refractivity contribution in [2.75, 3.05) is 39.3 Å². The van der Waals surface area contributed by atoms with Crippen LogP contribution in [0.5, 0.6) is 0 Å². The second-order valence-corrected chi connectivity index (χ2v) is 7.54. The molecule has 1 heterocycles. The van der Waals surface area contributed by atoms with Gasteiger partial charge in [0.25, 0.3) is 5.91 Å². The van der Waals surface area contributed by atoms with Gasteiger partial charge in [0.05, 0.1) is 0 Å². The number of piperazine rings is 1. The molecule has 0 saturated carbocycles. The zero-order valence-electron chi connectivity index (χ0n) is 13.6. The van der Waals surface area contributed by atoms with Crippen molar-refractivity contribution >= 4 is 17.7 Å². The molecule has 0 atom stereocenters. The molecule has 1 amide bonds. The highest BCUT2D eigenvalue weighted by molar-refractivity contribution is 7.99. The van der Waals surface area contributed by atoms with E-state index in [1.807, 2.05) is 36.0 Å². The summed E-state index contributed by atoms with van der Waals surface area (Å²) in [6.07, 6.45) is 1.01. The molecule has 0 spiro atoms. The van der Waals surface area contributed by atoms with Crippen molar-refractivity contribution in [2.45, 2.75) is 30.4 Å². The number of benzene rings is 1. The van der Waals surface area contributed by atoms with Gasteiger partial charge in [-0.05, 0) is 37.2 Å². The number of carbonyl (C=O) groups is 1. The largest absolute Gasteiger partial charge is 0.352 e. The van der Waals surface area contributed by atoms with Crippen LogP contribution in [0.2, 0.25) is 0 Å². The van der Waals surface area contributed by atoms with Gasteiger partial charge in [-0.3, -0.25) is 4.79 Å². The summed E-state index contributed by atoms with van der Waals surface area (Å²) in [5, 5.41) is 6.92. The molecule has 1 aliphatic rings. The van der Waals surface area contributed by atoms with Crippen LogP contribution < -0.4 is 10.6 Å². The van der Waals surface area contributed by atoms with Gasteiger partial charge in [-0.15, -0.1) is 11.8 Å². The Balaban J connectivity index is 1.68. The summed E-state index contributed by atoms with van der Waals surface area (Å²) in [6.45, 7) is 10.5. The molecule has 1 fully saturated rings. The van der Waals surface area contributed by atoms with E-state index in [-0.39, 0.29) is 5.91 Å². The van der Waals surface area contributed by atoms with Gasteiger partial charge >= 0.3 is 0 Å². The molecule has 4 nitrogen and oxygen atoms in total. The molecule has 1 saturated heterocycles. The Bertz CT molecular complexity index is 455. The third-order valence-electron chi connectivity index (χ3n) is 3.63. The van der Waals surface area contributed by atoms with E-state index in [1.165, 1.54) is 4.90 Å². The highest BCUT2D eigenvalue weighted by Crippen LogP contribution is 2.22. The predicted octanol–water partition coefficient (Wildman–Crippen LogP) is 2.21. The molecule has 0 aliphatic carbocycles. The van der Waals surface area contributed by atoms with E-state index < -0.39 is 0 Å².